The first-order valence-electron chi connectivity index (χ1n) is 4.74. The summed E-state index contributed by atoms with van der Waals surface area (Å²) in [5.41, 5.74) is 1.76. The van der Waals surface area contributed by atoms with E-state index in [1.54, 1.807) is 6.33 Å². The van der Waals surface area contributed by atoms with Crippen LogP contribution in [0.2, 0.25) is 0 Å². The van der Waals surface area contributed by atoms with Crippen LogP contribution in [-0.4, -0.2) is 9.55 Å². The number of imidazole rings is 1. The number of hydrogen-bond acceptors (Lipinski definition) is 2. The summed E-state index contributed by atoms with van der Waals surface area (Å²) in [7, 11) is 1.97. The molecule has 0 atom stereocenters. The first kappa shape index (κ1) is 8.31. The third-order valence-electron chi connectivity index (χ3n) is 2.83. The highest BCUT2D eigenvalue weighted by atomic mass is 15.0. The van der Waals surface area contributed by atoms with Gasteiger partial charge in [-0.05, 0) is 12.8 Å². The average Bonchev–Trinajstić information content (AvgIpc) is 2.72. The highest BCUT2D eigenvalue weighted by Crippen LogP contribution is 2.34. The van der Waals surface area contributed by atoms with Crippen LogP contribution in [0.15, 0.2) is 6.33 Å². The molecule has 3 nitrogen and oxygen atoms in total. The Morgan fingerprint density at radius 3 is 2.85 bits per heavy atom. The van der Waals surface area contributed by atoms with Crippen LogP contribution in [0.5, 0.6) is 0 Å². The Labute approximate surface area is 78.0 Å². The highest BCUT2D eigenvalue weighted by Gasteiger charge is 2.23. The van der Waals surface area contributed by atoms with Gasteiger partial charge in [-0.3, -0.25) is 0 Å². The number of rotatable bonds is 1. The van der Waals surface area contributed by atoms with Crippen molar-refractivity contribution in [2.75, 3.05) is 0 Å². The molecule has 1 heterocycles. The Hall–Kier alpha value is -1.30. The molecular formula is C10H13N3. The van der Waals surface area contributed by atoms with Crippen LogP contribution in [0.1, 0.15) is 43.0 Å². The number of aromatic nitrogens is 2. The molecule has 0 aliphatic heterocycles. The van der Waals surface area contributed by atoms with Crippen molar-refractivity contribution in [3.8, 4) is 6.07 Å². The summed E-state index contributed by atoms with van der Waals surface area (Å²) < 4.78 is 1.99. The molecule has 0 aromatic carbocycles. The van der Waals surface area contributed by atoms with E-state index in [-0.39, 0.29) is 0 Å². The molecule has 1 saturated carbocycles. The third-order valence-corrected chi connectivity index (χ3v) is 2.83. The van der Waals surface area contributed by atoms with E-state index >= 15 is 0 Å². The lowest BCUT2D eigenvalue weighted by atomic mass is 10.0. The van der Waals surface area contributed by atoms with E-state index in [1.165, 1.54) is 25.7 Å². The van der Waals surface area contributed by atoms with Crippen molar-refractivity contribution in [3.63, 3.8) is 0 Å². The van der Waals surface area contributed by atoms with E-state index in [1.807, 2.05) is 11.6 Å². The van der Waals surface area contributed by atoms with Crippen molar-refractivity contribution in [2.45, 2.75) is 31.6 Å². The third kappa shape index (κ3) is 1.33. The second kappa shape index (κ2) is 3.21. The molecule has 68 valence electrons. The minimum Gasteiger partial charge on any atom is -0.336 e. The molecule has 1 aromatic rings. The van der Waals surface area contributed by atoms with E-state index in [4.69, 9.17) is 5.26 Å². The highest BCUT2D eigenvalue weighted by molar-refractivity contribution is 5.29. The van der Waals surface area contributed by atoms with Crippen LogP contribution in [0.25, 0.3) is 0 Å². The maximum atomic E-state index is 8.87. The summed E-state index contributed by atoms with van der Waals surface area (Å²) in [6.07, 6.45) is 6.76. The largest absolute Gasteiger partial charge is 0.336 e. The summed E-state index contributed by atoms with van der Waals surface area (Å²) in [6, 6.07) is 2.16. The molecule has 1 fully saturated rings. The molecule has 0 unspecified atom stereocenters. The summed E-state index contributed by atoms with van der Waals surface area (Å²) in [5, 5.41) is 8.87. The molecule has 1 aromatic heterocycles. The SMILES string of the molecule is Cn1cnc(C#N)c1C1CCCC1. The summed E-state index contributed by atoms with van der Waals surface area (Å²) in [6.45, 7) is 0. The van der Waals surface area contributed by atoms with Crippen molar-refractivity contribution >= 4 is 0 Å². The zero-order chi connectivity index (χ0) is 9.26. The fraction of sp³-hybridized carbons (Fsp3) is 0.600. The quantitative estimate of drug-likeness (QED) is 0.654. The van der Waals surface area contributed by atoms with Gasteiger partial charge < -0.3 is 4.57 Å². The maximum absolute atomic E-state index is 8.87. The number of nitriles is 1. The van der Waals surface area contributed by atoms with E-state index in [9.17, 15) is 0 Å². The molecule has 0 bridgehead atoms. The molecule has 0 N–H and O–H groups in total. The van der Waals surface area contributed by atoms with Crippen molar-refractivity contribution in [1.82, 2.24) is 9.55 Å². The van der Waals surface area contributed by atoms with E-state index in [0.717, 1.165) is 5.69 Å². The summed E-state index contributed by atoms with van der Waals surface area (Å²) >= 11 is 0. The lowest BCUT2D eigenvalue weighted by Gasteiger charge is -2.09. The monoisotopic (exact) mass is 175 g/mol. The Kier molecular flexibility index (Phi) is 2.05. The maximum Gasteiger partial charge on any atom is 0.161 e. The zero-order valence-electron chi connectivity index (χ0n) is 7.82. The predicted octanol–water partition coefficient (Wildman–Crippen LogP) is 1.95. The molecule has 0 radical (unpaired) electrons. The van der Waals surface area contributed by atoms with Gasteiger partial charge in [0.25, 0.3) is 0 Å². The van der Waals surface area contributed by atoms with Gasteiger partial charge in [0, 0.05) is 13.0 Å². The first-order chi connectivity index (χ1) is 6.33. The average molecular weight is 175 g/mol. The van der Waals surface area contributed by atoms with Crippen molar-refractivity contribution in [3.05, 3.63) is 17.7 Å². The van der Waals surface area contributed by atoms with Gasteiger partial charge in [-0.15, -0.1) is 0 Å². The van der Waals surface area contributed by atoms with Gasteiger partial charge in [0.2, 0.25) is 0 Å². The lowest BCUT2D eigenvalue weighted by Crippen LogP contribution is -2.02. The topological polar surface area (TPSA) is 41.6 Å². The van der Waals surface area contributed by atoms with Crippen LogP contribution in [0, 0.1) is 11.3 Å². The van der Waals surface area contributed by atoms with Crippen molar-refractivity contribution < 1.29 is 0 Å². The number of nitrogens with zero attached hydrogens (tertiary/aromatic N) is 3. The molecule has 1 aliphatic rings. The fourth-order valence-electron chi connectivity index (χ4n) is 2.21. The van der Waals surface area contributed by atoms with Crippen LogP contribution in [0.4, 0.5) is 0 Å². The van der Waals surface area contributed by atoms with E-state index < -0.39 is 0 Å². The first-order valence-corrected chi connectivity index (χ1v) is 4.74. The summed E-state index contributed by atoms with van der Waals surface area (Å²) in [4.78, 5) is 4.08. The Morgan fingerprint density at radius 1 is 1.54 bits per heavy atom. The van der Waals surface area contributed by atoms with Gasteiger partial charge in [-0.2, -0.15) is 5.26 Å². The molecule has 13 heavy (non-hydrogen) atoms. The molecule has 0 amide bonds. The zero-order valence-corrected chi connectivity index (χ0v) is 7.82. The van der Waals surface area contributed by atoms with Gasteiger partial charge >= 0.3 is 0 Å². The standard InChI is InChI=1S/C10H13N3/c1-13-7-12-9(6-11)10(13)8-4-2-3-5-8/h7-8H,2-5H2,1H3. The van der Waals surface area contributed by atoms with Crippen molar-refractivity contribution in [1.29, 1.82) is 5.26 Å². The second-order valence-electron chi connectivity index (χ2n) is 3.68. The smallest absolute Gasteiger partial charge is 0.161 e. The Bertz CT molecular complexity index is 340. The fourth-order valence-corrected chi connectivity index (χ4v) is 2.21. The lowest BCUT2D eigenvalue weighted by molar-refractivity contribution is 0.654. The van der Waals surface area contributed by atoms with Gasteiger partial charge in [-0.1, -0.05) is 12.8 Å². The van der Waals surface area contributed by atoms with Crippen LogP contribution in [0.3, 0.4) is 0 Å². The van der Waals surface area contributed by atoms with Gasteiger partial charge in [0.15, 0.2) is 5.69 Å². The van der Waals surface area contributed by atoms with E-state index in [0.29, 0.717) is 11.6 Å². The van der Waals surface area contributed by atoms with Crippen LogP contribution < -0.4 is 0 Å². The van der Waals surface area contributed by atoms with Gasteiger partial charge in [-0.25, -0.2) is 4.98 Å². The molecular weight excluding hydrogens is 162 g/mol. The van der Waals surface area contributed by atoms with Gasteiger partial charge in [0.1, 0.15) is 6.07 Å². The Morgan fingerprint density at radius 2 is 2.23 bits per heavy atom. The van der Waals surface area contributed by atoms with E-state index in [2.05, 4.69) is 11.1 Å². The molecule has 0 saturated heterocycles. The predicted molar refractivity (Wildman–Crippen MR) is 49.1 cm³/mol. The molecule has 1 aliphatic carbocycles. The summed E-state index contributed by atoms with van der Waals surface area (Å²) in [5.74, 6) is 0.571. The second-order valence-corrected chi connectivity index (χ2v) is 3.68. The van der Waals surface area contributed by atoms with Crippen LogP contribution >= 0.6 is 0 Å². The minimum absolute atomic E-state index is 0.571. The number of aryl methyl sites for hydroxylation is 1. The molecule has 2 rings (SSSR count). The molecule has 0 spiro atoms. The minimum atomic E-state index is 0.571. The van der Waals surface area contributed by atoms with Crippen molar-refractivity contribution in [2.24, 2.45) is 7.05 Å². The number of hydrogen-bond donors (Lipinski definition) is 0. The Balaban J connectivity index is 2.37. The normalized spacial score (nSPS) is 17.5. The molecule has 3 heteroatoms. The van der Waals surface area contributed by atoms with Crippen LogP contribution in [-0.2, 0) is 7.05 Å². The van der Waals surface area contributed by atoms with Gasteiger partial charge in [0.05, 0.1) is 12.0 Å².